The minimum Gasteiger partial charge on any atom is -0.472 e. The minimum atomic E-state index is -0.720. The maximum Gasteiger partial charge on any atom is 0.301 e. The molecule has 0 amide bonds. The quantitative estimate of drug-likeness (QED) is 0.508. The third-order valence-electron chi connectivity index (χ3n) is 2.33. The summed E-state index contributed by atoms with van der Waals surface area (Å²) in [5.41, 5.74) is 2.40. The van der Waals surface area contributed by atoms with Crippen LogP contribution >= 0.6 is 0 Å². The van der Waals surface area contributed by atoms with Crippen LogP contribution in [0.2, 0.25) is 0 Å². The molecule has 0 atom stereocenters. The fraction of sp³-hybridized carbons (Fsp3) is 0. The van der Waals surface area contributed by atoms with Gasteiger partial charge in [0, 0.05) is 11.6 Å². The van der Waals surface area contributed by atoms with Crippen molar-refractivity contribution in [1.82, 2.24) is 0 Å². The van der Waals surface area contributed by atoms with E-state index in [9.17, 15) is 20.2 Å². The summed E-state index contributed by atoms with van der Waals surface area (Å²) in [6.45, 7) is 0. The number of hydrogen-bond donors (Lipinski definition) is 1. The van der Waals surface area contributed by atoms with Crippen molar-refractivity contribution in [2.75, 3.05) is 5.43 Å². The summed E-state index contributed by atoms with van der Waals surface area (Å²) in [4.78, 5) is 20.0. The van der Waals surface area contributed by atoms with E-state index in [1.54, 1.807) is 6.07 Å². The van der Waals surface area contributed by atoms with E-state index in [2.05, 4.69) is 10.5 Å². The normalized spacial score (nSPS) is 10.6. The lowest BCUT2D eigenvalue weighted by Crippen LogP contribution is -1.98. The highest BCUT2D eigenvalue weighted by atomic mass is 16.6. The van der Waals surface area contributed by atoms with Crippen molar-refractivity contribution in [2.24, 2.45) is 5.10 Å². The van der Waals surface area contributed by atoms with Crippen LogP contribution in [0.1, 0.15) is 5.56 Å². The summed E-state index contributed by atoms with van der Waals surface area (Å²) in [5.74, 6) is 0. The van der Waals surface area contributed by atoms with Crippen molar-refractivity contribution in [3.63, 3.8) is 0 Å². The predicted octanol–water partition coefficient (Wildman–Crippen LogP) is 2.54. The molecule has 0 aliphatic heterocycles. The van der Waals surface area contributed by atoms with E-state index >= 15 is 0 Å². The predicted molar refractivity (Wildman–Crippen MR) is 69.7 cm³/mol. The van der Waals surface area contributed by atoms with Gasteiger partial charge in [-0.2, -0.15) is 5.10 Å². The number of hydrogen-bond acceptors (Lipinski definition) is 7. The molecule has 2 rings (SSSR count). The van der Waals surface area contributed by atoms with Gasteiger partial charge in [-0.05, 0) is 12.1 Å². The first-order valence-corrected chi connectivity index (χ1v) is 5.32. The van der Waals surface area contributed by atoms with E-state index in [0.717, 1.165) is 12.1 Å². The number of non-ortho nitro benzene ring substituents is 1. The summed E-state index contributed by atoms with van der Waals surface area (Å²) in [5, 5.41) is 25.2. The molecule has 1 heterocycles. The van der Waals surface area contributed by atoms with Gasteiger partial charge in [-0.25, -0.2) is 0 Å². The maximum absolute atomic E-state index is 10.9. The second-order valence-electron chi connectivity index (χ2n) is 3.64. The third kappa shape index (κ3) is 2.96. The van der Waals surface area contributed by atoms with Gasteiger partial charge in [-0.3, -0.25) is 25.7 Å². The number of benzene rings is 1. The van der Waals surface area contributed by atoms with Crippen LogP contribution in [0.25, 0.3) is 0 Å². The average molecular weight is 276 g/mol. The largest absolute Gasteiger partial charge is 0.472 e. The Kier molecular flexibility index (Phi) is 3.70. The first-order chi connectivity index (χ1) is 9.58. The van der Waals surface area contributed by atoms with Crippen molar-refractivity contribution in [3.05, 3.63) is 62.6 Å². The second kappa shape index (κ2) is 5.61. The highest BCUT2D eigenvalue weighted by molar-refractivity contribution is 5.80. The molecule has 20 heavy (non-hydrogen) atoms. The van der Waals surface area contributed by atoms with Gasteiger partial charge in [0.1, 0.15) is 5.69 Å². The highest BCUT2D eigenvalue weighted by Gasteiger charge is 2.18. The van der Waals surface area contributed by atoms with E-state index in [1.165, 1.54) is 24.8 Å². The highest BCUT2D eigenvalue weighted by Crippen LogP contribution is 2.28. The molecule has 1 aromatic heterocycles. The molecule has 9 nitrogen and oxygen atoms in total. The molecule has 0 unspecified atom stereocenters. The standard InChI is InChI=1S/C11H8N4O5/c16-14(17)9-1-2-10(11(5-9)15(18)19)13-12-6-8-3-4-20-7-8/h1-7,13H. The van der Waals surface area contributed by atoms with Crippen LogP contribution < -0.4 is 5.43 Å². The lowest BCUT2D eigenvalue weighted by Gasteiger charge is -2.01. The summed E-state index contributed by atoms with van der Waals surface area (Å²) in [6.07, 6.45) is 4.29. The van der Waals surface area contributed by atoms with Crippen molar-refractivity contribution < 1.29 is 14.3 Å². The molecule has 0 aliphatic rings. The zero-order valence-corrected chi connectivity index (χ0v) is 9.92. The maximum atomic E-state index is 10.9. The minimum absolute atomic E-state index is 0.0559. The number of rotatable bonds is 5. The lowest BCUT2D eigenvalue weighted by molar-refractivity contribution is -0.393. The zero-order chi connectivity index (χ0) is 14.5. The topological polar surface area (TPSA) is 124 Å². The van der Waals surface area contributed by atoms with E-state index in [4.69, 9.17) is 4.42 Å². The Morgan fingerprint density at radius 1 is 1.20 bits per heavy atom. The Labute approximate surface area is 111 Å². The average Bonchev–Trinajstić information content (AvgIpc) is 2.91. The number of hydrazone groups is 1. The SMILES string of the molecule is O=[N+]([O-])c1ccc(NN=Cc2ccoc2)c([N+](=O)[O-])c1. The number of nitro benzene ring substituents is 2. The van der Waals surface area contributed by atoms with Crippen LogP contribution in [0, 0.1) is 20.2 Å². The van der Waals surface area contributed by atoms with E-state index < -0.39 is 15.5 Å². The Morgan fingerprint density at radius 2 is 2.00 bits per heavy atom. The Balaban J connectivity index is 2.22. The third-order valence-corrected chi connectivity index (χ3v) is 2.33. The molecule has 0 aliphatic carbocycles. The van der Waals surface area contributed by atoms with E-state index in [1.807, 2.05) is 0 Å². The first kappa shape index (κ1) is 13.2. The van der Waals surface area contributed by atoms with Gasteiger partial charge in [-0.1, -0.05) is 0 Å². The molecule has 0 radical (unpaired) electrons. The molecule has 1 aromatic carbocycles. The second-order valence-corrected chi connectivity index (χ2v) is 3.64. The molecule has 1 N–H and O–H groups in total. The van der Waals surface area contributed by atoms with E-state index in [0.29, 0.717) is 5.56 Å². The summed E-state index contributed by atoms with van der Waals surface area (Å²) in [7, 11) is 0. The molecule has 0 saturated carbocycles. The van der Waals surface area contributed by atoms with Gasteiger partial charge in [0.25, 0.3) is 5.69 Å². The van der Waals surface area contributed by atoms with Crippen LogP contribution in [0.5, 0.6) is 0 Å². The summed E-state index contributed by atoms with van der Waals surface area (Å²) in [6, 6.07) is 4.90. The van der Waals surface area contributed by atoms with Gasteiger partial charge < -0.3 is 4.42 Å². The van der Waals surface area contributed by atoms with Crippen LogP contribution in [0.15, 0.2) is 46.3 Å². The molecular formula is C11H8N4O5. The molecule has 102 valence electrons. The number of nitrogens with one attached hydrogen (secondary N) is 1. The molecule has 2 aromatic rings. The van der Waals surface area contributed by atoms with Gasteiger partial charge in [-0.15, -0.1) is 0 Å². The Hall–Kier alpha value is -3.23. The summed E-state index contributed by atoms with van der Waals surface area (Å²) < 4.78 is 4.82. The smallest absolute Gasteiger partial charge is 0.301 e. The van der Waals surface area contributed by atoms with Crippen LogP contribution in [-0.2, 0) is 0 Å². The number of nitrogens with zero attached hydrogens (tertiary/aromatic N) is 3. The van der Waals surface area contributed by atoms with Gasteiger partial charge in [0.15, 0.2) is 0 Å². The van der Waals surface area contributed by atoms with Crippen molar-refractivity contribution in [3.8, 4) is 0 Å². The molecule has 0 bridgehead atoms. The first-order valence-electron chi connectivity index (χ1n) is 5.32. The van der Waals surface area contributed by atoms with Gasteiger partial charge in [0.05, 0.1) is 34.7 Å². The Morgan fingerprint density at radius 3 is 2.60 bits per heavy atom. The zero-order valence-electron chi connectivity index (χ0n) is 9.92. The van der Waals surface area contributed by atoms with Crippen LogP contribution in [0.3, 0.4) is 0 Å². The lowest BCUT2D eigenvalue weighted by atomic mass is 10.2. The Bertz CT molecular complexity index is 665. The molecule has 0 fully saturated rings. The number of nitro groups is 2. The molecule has 9 heteroatoms. The van der Waals surface area contributed by atoms with Crippen LogP contribution in [-0.4, -0.2) is 16.1 Å². The van der Waals surface area contributed by atoms with E-state index in [-0.39, 0.29) is 11.4 Å². The molecule has 0 saturated heterocycles. The number of furan rings is 1. The molecule has 0 spiro atoms. The number of anilines is 1. The summed E-state index contributed by atoms with van der Waals surface area (Å²) >= 11 is 0. The fourth-order valence-electron chi connectivity index (χ4n) is 1.40. The molecular weight excluding hydrogens is 268 g/mol. The van der Waals surface area contributed by atoms with Gasteiger partial charge in [0.2, 0.25) is 0 Å². The van der Waals surface area contributed by atoms with Crippen molar-refractivity contribution in [1.29, 1.82) is 0 Å². The monoisotopic (exact) mass is 276 g/mol. The van der Waals surface area contributed by atoms with Crippen molar-refractivity contribution in [2.45, 2.75) is 0 Å². The van der Waals surface area contributed by atoms with Crippen molar-refractivity contribution >= 4 is 23.3 Å². The van der Waals surface area contributed by atoms with Gasteiger partial charge >= 0.3 is 5.69 Å². The van der Waals surface area contributed by atoms with Crippen LogP contribution in [0.4, 0.5) is 17.1 Å². The fourth-order valence-corrected chi connectivity index (χ4v) is 1.40.